The Morgan fingerprint density at radius 3 is 1.71 bits per heavy atom. The van der Waals surface area contributed by atoms with Gasteiger partial charge in [-0.05, 0) is 59.9 Å². The van der Waals surface area contributed by atoms with Crippen LogP contribution in [0.25, 0.3) is 78.4 Å². The van der Waals surface area contributed by atoms with Crippen LogP contribution < -0.4 is 0 Å². The Morgan fingerprint density at radius 1 is 0.422 bits per heavy atom. The number of aryl methyl sites for hydroxylation is 2. The molecule has 0 aliphatic carbocycles. The van der Waals surface area contributed by atoms with Crippen LogP contribution in [-0.2, 0) is 0 Å². The molecule has 4 heteroatoms. The normalized spacial score (nSPS) is 11.3. The lowest BCUT2D eigenvalue weighted by molar-refractivity contribution is 0.669. The molecule has 0 spiro atoms. The molecule has 0 aliphatic rings. The van der Waals surface area contributed by atoms with Gasteiger partial charge in [0.25, 0.3) is 0 Å². The molecule has 0 fully saturated rings. The first-order valence-electron chi connectivity index (χ1n) is 15.1. The molecule has 0 amide bonds. The first-order valence-corrected chi connectivity index (χ1v) is 15.1. The average molecular weight is 580 g/mol. The third-order valence-corrected chi connectivity index (χ3v) is 8.33. The zero-order valence-corrected chi connectivity index (χ0v) is 25.0. The van der Waals surface area contributed by atoms with Crippen molar-refractivity contribution in [3.8, 4) is 56.4 Å². The molecule has 214 valence electrons. The molecule has 0 bridgehead atoms. The van der Waals surface area contributed by atoms with Crippen molar-refractivity contribution >= 4 is 21.9 Å². The summed E-state index contributed by atoms with van der Waals surface area (Å²) in [5, 5.41) is 2.27. The van der Waals surface area contributed by atoms with Crippen LogP contribution in [0.15, 0.2) is 144 Å². The van der Waals surface area contributed by atoms with E-state index in [9.17, 15) is 0 Å². The Bertz CT molecular complexity index is 2280. The van der Waals surface area contributed by atoms with Crippen molar-refractivity contribution < 1.29 is 4.42 Å². The first-order chi connectivity index (χ1) is 22.1. The van der Waals surface area contributed by atoms with Crippen molar-refractivity contribution in [3.63, 3.8) is 0 Å². The van der Waals surface area contributed by atoms with E-state index in [2.05, 4.69) is 92.7 Å². The molecular weight excluding hydrogens is 550 g/mol. The van der Waals surface area contributed by atoms with Gasteiger partial charge in [0.05, 0.1) is 0 Å². The van der Waals surface area contributed by atoms with Gasteiger partial charge in [0, 0.05) is 33.0 Å². The van der Waals surface area contributed by atoms with Crippen LogP contribution in [0.1, 0.15) is 11.1 Å². The molecule has 6 aromatic carbocycles. The first kappa shape index (κ1) is 26.7. The van der Waals surface area contributed by atoms with Gasteiger partial charge in [0.15, 0.2) is 17.5 Å². The van der Waals surface area contributed by atoms with Gasteiger partial charge >= 0.3 is 0 Å². The number of para-hydroxylation sites is 1. The minimum absolute atomic E-state index is 0.641. The minimum atomic E-state index is 0.641. The molecule has 8 aromatic rings. The number of furan rings is 1. The summed E-state index contributed by atoms with van der Waals surface area (Å²) in [5.74, 6) is 1.94. The summed E-state index contributed by atoms with van der Waals surface area (Å²) in [6.07, 6.45) is 0. The highest BCUT2D eigenvalue weighted by Gasteiger charge is 2.16. The highest BCUT2D eigenvalue weighted by atomic mass is 16.3. The van der Waals surface area contributed by atoms with Gasteiger partial charge in [0.2, 0.25) is 0 Å². The van der Waals surface area contributed by atoms with Crippen LogP contribution >= 0.6 is 0 Å². The average Bonchev–Trinajstić information content (AvgIpc) is 3.47. The number of fused-ring (bicyclic) bond motifs is 3. The van der Waals surface area contributed by atoms with Gasteiger partial charge in [-0.25, -0.2) is 15.0 Å². The number of nitrogens with zero attached hydrogens (tertiary/aromatic N) is 3. The van der Waals surface area contributed by atoms with E-state index in [0.29, 0.717) is 17.5 Å². The number of hydrogen-bond donors (Lipinski definition) is 0. The van der Waals surface area contributed by atoms with Crippen molar-refractivity contribution in [2.75, 3.05) is 0 Å². The second-order valence-electron chi connectivity index (χ2n) is 11.4. The minimum Gasteiger partial charge on any atom is -0.455 e. The Balaban J connectivity index is 1.24. The topological polar surface area (TPSA) is 51.8 Å². The van der Waals surface area contributed by atoms with Crippen LogP contribution in [-0.4, -0.2) is 15.0 Å². The van der Waals surface area contributed by atoms with Crippen molar-refractivity contribution in [3.05, 3.63) is 151 Å². The summed E-state index contributed by atoms with van der Waals surface area (Å²) in [6.45, 7) is 4.24. The molecule has 0 N–H and O–H groups in total. The fraction of sp³-hybridized carbons (Fsp3) is 0.0488. The molecule has 8 rings (SSSR count). The SMILES string of the molecule is Cc1ccc2c(c1)oc1c(-c3cccc(-c4cc(-c5nc(-c6ccccc6)nc(-c6ccccc6)n5)ccc4C)c3)cccc12. The van der Waals surface area contributed by atoms with Crippen LogP contribution in [0.3, 0.4) is 0 Å². The summed E-state index contributed by atoms with van der Waals surface area (Å²) >= 11 is 0. The number of benzene rings is 6. The molecule has 0 atom stereocenters. The standard InChI is InChI=1S/C41H29N3O/c1-26-19-22-34-35-18-10-17-33(38(35)45-37(34)23-26)30-15-9-16-31(24-30)36-25-32(21-20-27(36)2)41-43-39(28-11-5-3-6-12-28)42-40(44-41)29-13-7-4-8-14-29/h3-25H,1-2H3. The smallest absolute Gasteiger partial charge is 0.164 e. The lowest BCUT2D eigenvalue weighted by Crippen LogP contribution is -2.00. The molecule has 0 radical (unpaired) electrons. The maximum atomic E-state index is 6.44. The number of aromatic nitrogens is 3. The monoisotopic (exact) mass is 579 g/mol. The van der Waals surface area contributed by atoms with Crippen molar-refractivity contribution in [1.29, 1.82) is 0 Å². The van der Waals surface area contributed by atoms with E-state index >= 15 is 0 Å². The van der Waals surface area contributed by atoms with Gasteiger partial charge in [-0.1, -0.05) is 121 Å². The highest BCUT2D eigenvalue weighted by Crippen LogP contribution is 2.38. The van der Waals surface area contributed by atoms with Gasteiger partial charge in [0.1, 0.15) is 11.2 Å². The van der Waals surface area contributed by atoms with Gasteiger partial charge < -0.3 is 4.42 Å². The predicted octanol–water partition coefficient (Wildman–Crippen LogP) is 10.7. The van der Waals surface area contributed by atoms with Crippen molar-refractivity contribution in [2.24, 2.45) is 0 Å². The Kier molecular flexibility index (Phi) is 6.54. The van der Waals surface area contributed by atoms with Crippen LogP contribution in [0.5, 0.6) is 0 Å². The van der Waals surface area contributed by atoms with Gasteiger partial charge in [-0.15, -0.1) is 0 Å². The second kappa shape index (κ2) is 11.0. The zero-order valence-electron chi connectivity index (χ0n) is 25.0. The van der Waals surface area contributed by atoms with Crippen LogP contribution in [0.2, 0.25) is 0 Å². The quantitative estimate of drug-likeness (QED) is 0.203. The van der Waals surface area contributed by atoms with E-state index in [1.165, 1.54) is 11.1 Å². The molecule has 2 aromatic heterocycles. The van der Waals surface area contributed by atoms with Crippen molar-refractivity contribution in [2.45, 2.75) is 13.8 Å². The summed E-state index contributed by atoms with van der Waals surface area (Å²) in [5.41, 5.74) is 11.5. The summed E-state index contributed by atoms with van der Waals surface area (Å²) in [4.78, 5) is 14.8. The van der Waals surface area contributed by atoms with E-state index in [4.69, 9.17) is 19.4 Å². The zero-order chi connectivity index (χ0) is 30.3. The lowest BCUT2D eigenvalue weighted by atomic mass is 9.94. The fourth-order valence-electron chi connectivity index (χ4n) is 6.00. The Morgan fingerprint density at radius 2 is 1.02 bits per heavy atom. The highest BCUT2D eigenvalue weighted by molar-refractivity contribution is 6.09. The molecule has 2 heterocycles. The van der Waals surface area contributed by atoms with E-state index in [1.54, 1.807) is 0 Å². The third kappa shape index (κ3) is 4.96. The van der Waals surface area contributed by atoms with E-state index < -0.39 is 0 Å². The van der Waals surface area contributed by atoms with E-state index in [-0.39, 0.29) is 0 Å². The van der Waals surface area contributed by atoms with Crippen LogP contribution in [0.4, 0.5) is 0 Å². The predicted molar refractivity (Wildman–Crippen MR) is 184 cm³/mol. The Hall–Kier alpha value is -5.87. The van der Waals surface area contributed by atoms with Crippen LogP contribution in [0, 0.1) is 13.8 Å². The number of hydrogen-bond acceptors (Lipinski definition) is 4. The van der Waals surface area contributed by atoms with E-state index in [1.807, 2.05) is 60.7 Å². The molecular formula is C41H29N3O. The Labute approximate surface area is 261 Å². The molecule has 0 aliphatic heterocycles. The second-order valence-corrected chi connectivity index (χ2v) is 11.4. The number of rotatable bonds is 5. The molecule has 4 nitrogen and oxygen atoms in total. The fourth-order valence-corrected chi connectivity index (χ4v) is 6.00. The van der Waals surface area contributed by atoms with Crippen molar-refractivity contribution in [1.82, 2.24) is 15.0 Å². The maximum absolute atomic E-state index is 6.44. The molecule has 0 unspecified atom stereocenters. The van der Waals surface area contributed by atoms with Gasteiger partial charge in [-0.3, -0.25) is 0 Å². The largest absolute Gasteiger partial charge is 0.455 e. The third-order valence-electron chi connectivity index (χ3n) is 8.33. The molecule has 45 heavy (non-hydrogen) atoms. The lowest BCUT2D eigenvalue weighted by Gasteiger charge is -2.12. The maximum Gasteiger partial charge on any atom is 0.164 e. The molecule has 0 saturated heterocycles. The summed E-state index contributed by atoms with van der Waals surface area (Å²) in [7, 11) is 0. The van der Waals surface area contributed by atoms with Gasteiger partial charge in [-0.2, -0.15) is 0 Å². The molecule has 0 saturated carbocycles. The summed E-state index contributed by atoms with van der Waals surface area (Å²) in [6, 6.07) is 48.0. The van der Waals surface area contributed by atoms with E-state index in [0.717, 1.165) is 60.9 Å². The summed E-state index contributed by atoms with van der Waals surface area (Å²) < 4.78 is 6.44.